The van der Waals surface area contributed by atoms with Gasteiger partial charge in [0.05, 0.1) is 30.7 Å². The largest absolute Gasteiger partial charge is 0.497 e. The van der Waals surface area contributed by atoms with Gasteiger partial charge in [0.25, 0.3) is 0 Å². The molecule has 1 aliphatic heterocycles. The number of thioether (sulfide) groups is 1. The lowest BCUT2D eigenvalue weighted by Gasteiger charge is -2.12. The van der Waals surface area contributed by atoms with Crippen LogP contribution in [0.1, 0.15) is 11.1 Å². The molecule has 0 radical (unpaired) electrons. The fraction of sp³-hybridized carbons (Fsp3) is 0.250. The van der Waals surface area contributed by atoms with Crippen LogP contribution in [-0.4, -0.2) is 43.1 Å². The first kappa shape index (κ1) is 20.6. The lowest BCUT2D eigenvalue weighted by atomic mass is 10.2. The quantitative estimate of drug-likeness (QED) is 0.502. The number of nitrogens with one attached hydrogen (secondary N) is 1. The molecule has 0 aliphatic carbocycles. The molecule has 28 heavy (non-hydrogen) atoms. The minimum Gasteiger partial charge on any atom is -0.497 e. The third-order valence-electron chi connectivity index (χ3n) is 4.14. The van der Waals surface area contributed by atoms with Crippen LogP contribution in [0.2, 0.25) is 0 Å². The monoisotopic (exact) mass is 461 g/mol. The summed E-state index contributed by atoms with van der Waals surface area (Å²) in [5.41, 5.74) is 1.95. The van der Waals surface area contributed by atoms with Gasteiger partial charge in [-0.15, -0.1) is 5.10 Å². The molecule has 1 aliphatic rings. The summed E-state index contributed by atoms with van der Waals surface area (Å²) in [5.74, 6) is 2.07. The second-order valence-electron chi connectivity index (χ2n) is 5.99. The third kappa shape index (κ3) is 5.21. The number of halogens is 1. The number of rotatable bonds is 7. The van der Waals surface area contributed by atoms with Crippen LogP contribution in [0.3, 0.4) is 0 Å². The maximum absolute atomic E-state index is 12.2. The highest BCUT2D eigenvalue weighted by Crippen LogP contribution is 2.26. The highest BCUT2D eigenvalue weighted by atomic mass is 79.9. The summed E-state index contributed by atoms with van der Waals surface area (Å²) < 4.78 is 11.2. The Morgan fingerprint density at radius 1 is 1.21 bits per heavy atom. The molecule has 8 heteroatoms. The van der Waals surface area contributed by atoms with E-state index in [4.69, 9.17) is 9.47 Å². The van der Waals surface area contributed by atoms with E-state index in [9.17, 15) is 4.79 Å². The number of nitrogens with zero attached hydrogens (tertiary/aromatic N) is 2. The van der Waals surface area contributed by atoms with E-state index >= 15 is 0 Å². The van der Waals surface area contributed by atoms with Crippen molar-refractivity contribution in [3.63, 3.8) is 0 Å². The van der Waals surface area contributed by atoms with Crippen LogP contribution in [0.15, 0.2) is 57.1 Å². The minimum absolute atomic E-state index is 0.107. The van der Waals surface area contributed by atoms with Gasteiger partial charge in [0.2, 0.25) is 0 Å². The average molecular weight is 462 g/mol. The van der Waals surface area contributed by atoms with Crippen LogP contribution in [0, 0.1) is 0 Å². The lowest BCUT2D eigenvalue weighted by Crippen LogP contribution is -2.37. The summed E-state index contributed by atoms with van der Waals surface area (Å²) in [7, 11) is 3.25. The van der Waals surface area contributed by atoms with Crippen LogP contribution in [-0.2, 0) is 11.3 Å². The van der Waals surface area contributed by atoms with Gasteiger partial charge in [-0.3, -0.25) is 10.1 Å². The van der Waals surface area contributed by atoms with Crippen molar-refractivity contribution >= 4 is 44.7 Å². The Labute approximate surface area is 176 Å². The van der Waals surface area contributed by atoms with Gasteiger partial charge < -0.3 is 9.47 Å². The summed E-state index contributed by atoms with van der Waals surface area (Å²) >= 11 is 4.89. The molecule has 3 rings (SSSR count). The number of ketones is 1. The van der Waals surface area contributed by atoms with Crippen molar-refractivity contribution in [3.05, 3.63) is 58.1 Å². The number of carbonyl (C=O) groups excluding carboxylic acids is 1. The minimum atomic E-state index is -0.432. The van der Waals surface area contributed by atoms with E-state index < -0.39 is 6.04 Å². The molecule has 1 heterocycles. The standard InChI is InChI=1S/C20H20BrN3O3S/c1-26-15-6-3-13(4-7-15)11-23-24-20-19(17(25)12-28-20)22-10-14-5-8-18(27-2)16(21)9-14/h3-9,11,19,22H,10,12H2,1-2H3/b23-11-,24-20-/t19-/m1/s1. The topological polar surface area (TPSA) is 72.3 Å². The Bertz CT molecular complexity index is 900. The average Bonchev–Trinajstić information content (AvgIpc) is 3.06. The number of Topliss-reactive ketones (excluding diaryl/α,β-unsaturated/α-hetero) is 1. The molecule has 0 unspecified atom stereocenters. The summed E-state index contributed by atoms with van der Waals surface area (Å²) in [6.45, 7) is 0.542. The van der Waals surface area contributed by atoms with E-state index in [1.54, 1.807) is 20.4 Å². The Balaban J connectivity index is 1.64. The number of hydrogen-bond acceptors (Lipinski definition) is 7. The summed E-state index contributed by atoms with van der Waals surface area (Å²) in [5, 5.41) is 12.4. The van der Waals surface area contributed by atoms with Crippen molar-refractivity contribution in [2.75, 3.05) is 20.0 Å². The molecule has 0 amide bonds. The second-order valence-corrected chi connectivity index (χ2v) is 7.84. The molecular weight excluding hydrogens is 442 g/mol. The number of methoxy groups -OCH3 is 2. The van der Waals surface area contributed by atoms with E-state index in [1.165, 1.54) is 11.8 Å². The lowest BCUT2D eigenvalue weighted by molar-refractivity contribution is -0.116. The maximum atomic E-state index is 12.2. The molecule has 6 nitrogen and oxygen atoms in total. The second kappa shape index (κ2) is 9.86. The molecule has 2 aromatic rings. The molecular formula is C20H20BrN3O3S. The molecule has 1 fully saturated rings. The number of benzene rings is 2. The van der Waals surface area contributed by atoms with Crippen molar-refractivity contribution in [3.8, 4) is 11.5 Å². The van der Waals surface area contributed by atoms with Gasteiger partial charge in [0.15, 0.2) is 5.78 Å². The first-order valence-electron chi connectivity index (χ1n) is 8.57. The highest BCUT2D eigenvalue weighted by Gasteiger charge is 2.31. The smallest absolute Gasteiger partial charge is 0.166 e. The van der Waals surface area contributed by atoms with Crippen LogP contribution < -0.4 is 14.8 Å². The summed E-state index contributed by atoms with van der Waals surface area (Å²) in [6, 6.07) is 12.9. The van der Waals surface area contributed by atoms with Gasteiger partial charge in [0, 0.05) is 6.54 Å². The van der Waals surface area contributed by atoms with E-state index in [1.807, 2.05) is 42.5 Å². The zero-order valence-electron chi connectivity index (χ0n) is 15.5. The van der Waals surface area contributed by atoms with E-state index in [-0.39, 0.29) is 5.78 Å². The van der Waals surface area contributed by atoms with Gasteiger partial charge >= 0.3 is 0 Å². The Kier molecular flexibility index (Phi) is 7.24. The predicted octanol–water partition coefficient (Wildman–Crippen LogP) is 3.67. The van der Waals surface area contributed by atoms with Crippen molar-refractivity contribution < 1.29 is 14.3 Å². The van der Waals surface area contributed by atoms with Crippen LogP contribution in [0.5, 0.6) is 11.5 Å². The van der Waals surface area contributed by atoms with Crippen molar-refractivity contribution in [1.82, 2.24) is 5.32 Å². The van der Waals surface area contributed by atoms with Crippen LogP contribution >= 0.6 is 27.7 Å². The van der Waals surface area contributed by atoms with Gasteiger partial charge in [-0.25, -0.2) is 0 Å². The molecule has 0 saturated carbocycles. The number of carbonyl (C=O) groups is 1. The zero-order valence-corrected chi connectivity index (χ0v) is 17.9. The maximum Gasteiger partial charge on any atom is 0.166 e. The molecule has 0 bridgehead atoms. The third-order valence-corrected chi connectivity index (χ3v) is 5.80. The molecule has 2 aromatic carbocycles. The highest BCUT2D eigenvalue weighted by molar-refractivity contribution is 9.10. The summed E-state index contributed by atoms with van der Waals surface area (Å²) in [6.07, 6.45) is 1.66. The van der Waals surface area contributed by atoms with Crippen molar-refractivity contribution in [2.24, 2.45) is 10.2 Å². The molecule has 0 aromatic heterocycles. The molecule has 146 valence electrons. The van der Waals surface area contributed by atoms with E-state index in [2.05, 4.69) is 31.4 Å². The Hall–Kier alpha value is -2.16. The summed E-state index contributed by atoms with van der Waals surface area (Å²) in [4.78, 5) is 12.2. The van der Waals surface area contributed by atoms with Gasteiger partial charge in [0.1, 0.15) is 22.6 Å². The van der Waals surface area contributed by atoms with E-state index in [0.29, 0.717) is 17.3 Å². The fourth-order valence-corrected chi connectivity index (χ4v) is 4.15. The number of hydrogen-bond donors (Lipinski definition) is 1. The predicted molar refractivity (Wildman–Crippen MR) is 117 cm³/mol. The normalized spacial score (nSPS) is 18.2. The van der Waals surface area contributed by atoms with Gasteiger partial charge in [-0.2, -0.15) is 5.10 Å². The van der Waals surface area contributed by atoms with Crippen molar-refractivity contribution in [1.29, 1.82) is 0 Å². The molecule has 0 spiro atoms. The molecule has 1 atom stereocenters. The number of ether oxygens (including phenoxy) is 2. The van der Waals surface area contributed by atoms with Gasteiger partial charge in [-0.05, 0) is 63.5 Å². The Morgan fingerprint density at radius 2 is 2.00 bits per heavy atom. The SMILES string of the molecule is COc1ccc(/C=N\N=C2/SCC(=O)[C@H]2NCc2ccc(OC)c(Br)c2)cc1. The zero-order chi connectivity index (χ0) is 19.9. The fourth-order valence-electron chi connectivity index (χ4n) is 2.62. The first-order valence-corrected chi connectivity index (χ1v) is 10.3. The van der Waals surface area contributed by atoms with E-state index in [0.717, 1.165) is 27.1 Å². The Morgan fingerprint density at radius 3 is 2.68 bits per heavy atom. The van der Waals surface area contributed by atoms with Crippen LogP contribution in [0.4, 0.5) is 0 Å². The molecule has 1 saturated heterocycles. The first-order chi connectivity index (χ1) is 13.6. The molecule has 1 N–H and O–H groups in total. The van der Waals surface area contributed by atoms with Crippen molar-refractivity contribution in [2.45, 2.75) is 12.6 Å². The van der Waals surface area contributed by atoms with Crippen LogP contribution in [0.25, 0.3) is 0 Å². The van der Waals surface area contributed by atoms with Gasteiger partial charge in [-0.1, -0.05) is 17.8 Å².